The Bertz CT molecular complexity index is 381. The van der Waals surface area contributed by atoms with Gasteiger partial charge in [-0.25, -0.2) is 0 Å². The van der Waals surface area contributed by atoms with E-state index in [4.69, 9.17) is 17.3 Å². The molecule has 0 saturated heterocycles. The fourth-order valence-corrected chi connectivity index (χ4v) is 2.98. The van der Waals surface area contributed by atoms with Gasteiger partial charge in [0, 0.05) is 9.50 Å². The van der Waals surface area contributed by atoms with Gasteiger partial charge in [-0.05, 0) is 36.5 Å². The first kappa shape index (κ1) is 12.4. The molecule has 1 aromatic rings. The number of hydrogen-bond donors (Lipinski definition) is 2. The normalized spacial score (nSPS) is 20.2. The van der Waals surface area contributed by atoms with Gasteiger partial charge in [-0.3, -0.25) is 0 Å². The minimum absolute atomic E-state index is 0.336. The van der Waals surface area contributed by atoms with Gasteiger partial charge in [0.25, 0.3) is 0 Å². The van der Waals surface area contributed by atoms with Gasteiger partial charge in [-0.15, -0.1) is 0 Å². The van der Waals surface area contributed by atoms with Crippen LogP contribution in [0.2, 0.25) is 5.02 Å². The lowest BCUT2D eigenvalue weighted by molar-refractivity contribution is 0.0412. The maximum Gasteiger partial charge on any atom is 0.0761 e. The van der Waals surface area contributed by atoms with E-state index in [1.807, 2.05) is 12.1 Å². The number of rotatable bonds is 3. The molecule has 88 valence electrons. The molecule has 1 aromatic carbocycles. The average Bonchev–Trinajstić information content (AvgIpc) is 2.14. The molecular formula is C12H15BrClNO. The summed E-state index contributed by atoms with van der Waals surface area (Å²) in [5, 5.41) is 10.8. The summed E-state index contributed by atoms with van der Waals surface area (Å²) in [5.41, 5.74) is 7.00. The van der Waals surface area contributed by atoms with Crippen molar-refractivity contribution in [2.24, 2.45) is 11.7 Å². The van der Waals surface area contributed by atoms with Crippen LogP contribution in [0.5, 0.6) is 0 Å². The van der Waals surface area contributed by atoms with E-state index in [-0.39, 0.29) is 6.04 Å². The number of nitrogens with two attached hydrogens (primary N) is 1. The Balaban J connectivity index is 2.15. The van der Waals surface area contributed by atoms with Crippen molar-refractivity contribution in [2.75, 3.05) is 0 Å². The summed E-state index contributed by atoms with van der Waals surface area (Å²) >= 11 is 9.30. The van der Waals surface area contributed by atoms with E-state index in [1.165, 1.54) is 6.42 Å². The third-order valence-corrected chi connectivity index (χ3v) is 4.24. The second kappa shape index (κ2) is 5.05. The zero-order valence-corrected chi connectivity index (χ0v) is 11.2. The minimum Gasteiger partial charge on any atom is -0.391 e. The van der Waals surface area contributed by atoms with Crippen LogP contribution in [0.3, 0.4) is 0 Å². The highest BCUT2D eigenvalue weighted by atomic mass is 79.9. The van der Waals surface area contributed by atoms with Gasteiger partial charge in [-0.1, -0.05) is 40.0 Å². The van der Waals surface area contributed by atoms with Crippen molar-refractivity contribution in [1.82, 2.24) is 0 Å². The molecule has 1 saturated carbocycles. The molecule has 0 radical (unpaired) electrons. The van der Waals surface area contributed by atoms with Gasteiger partial charge in [0.1, 0.15) is 0 Å². The number of halogens is 2. The Morgan fingerprint density at radius 1 is 1.44 bits per heavy atom. The predicted octanol–water partition coefficient (Wildman–Crippen LogP) is 3.26. The van der Waals surface area contributed by atoms with Crippen molar-refractivity contribution >= 4 is 27.5 Å². The van der Waals surface area contributed by atoms with E-state index < -0.39 is 6.10 Å². The van der Waals surface area contributed by atoms with Crippen molar-refractivity contribution in [3.05, 3.63) is 33.3 Å². The molecule has 0 aliphatic heterocycles. The summed E-state index contributed by atoms with van der Waals surface area (Å²) in [5.74, 6) is 0.359. The highest BCUT2D eigenvalue weighted by molar-refractivity contribution is 9.10. The van der Waals surface area contributed by atoms with Crippen LogP contribution >= 0.6 is 27.5 Å². The molecule has 16 heavy (non-hydrogen) atoms. The summed E-state index contributed by atoms with van der Waals surface area (Å²) < 4.78 is 0.867. The molecule has 0 spiro atoms. The first-order valence-electron chi connectivity index (χ1n) is 5.48. The molecule has 1 aliphatic rings. The summed E-state index contributed by atoms with van der Waals surface area (Å²) in [7, 11) is 0. The van der Waals surface area contributed by atoms with Crippen LogP contribution in [0.4, 0.5) is 0 Å². The molecular weight excluding hydrogens is 289 g/mol. The van der Waals surface area contributed by atoms with Crippen molar-refractivity contribution in [3.63, 3.8) is 0 Å². The summed E-state index contributed by atoms with van der Waals surface area (Å²) in [6.07, 6.45) is 2.92. The Morgan fingerprint density at radius 3 is 2.62 bits per heavy atom. The SMILES string of the molecule is N[C@H](c1ccc(Cl)cc1Br)[C@@H](O)C1CCC1. The van der Waals surface area contributed by atoms with Crippen LogP contribution in [0.1, 0.15) is 30.9 Å². The van der Waals surface area contributed by atoms with E-state index in [9.17, 15) is 5.11 Å². The molecule has 0 bridgehead atoms. The zero-order valence-electron chi connectivity index (χ0n) is 8.87. The summed E-state index contributed by atoms with van der Waals surface area (Å²) in [4.78, 5) is 0. The number of benzene rings is 1. The smallest absolute Gasteiger partial charge is 0.0761 e. The van der Waals surface area contributed by atoms with Crippen LogP contribution in [0.15, 0.2) is 22.7 Å². The molecule has 0 heterocycles. The summed E-state index contributed by atoms with van der Waals surface area (Å²) in [6.45, 7) is 0. The number of hydrogen-bond acceptors (Lipinski definition) is 2. The molecule has 1 fully saturated rings. The van der Waals surface area contributed by atoms with E-state index in [1.54, 1.807) is 6.07 Å². The standard InChI is InChI=1S/C12H15BrClNO/c13-10-6-8(14)4-5-9(10)11(15)12(16)7-2-1-3-7/h4-7,11-12,16H,1-3,15H2/t11-,12+/m1/s1. The predicted molar refractivity (Wildman–Crippen MR) is 69.4 cm³/mol. The van der Waals surface area contributed by atoms with E-state index >= 15 is 0 Å². The third kappa shape index (κ3) is 2.43. The molecule has 2 atom stereocenters. The lowest BCUT2D eigenvalue weighted by Gasteiger charge is -2.34. The van der Waals surface area contributed by atoms with Gasteiger partial charge in [-0.2, -0.15) is 0 Å². The first-order valence-corrected chi connectivity index (χ1v) is 6.65. The quantitative estimate of drug-likeness (QED) is 0.900. The van der Waals surface area contributed by atoms with Gasteiger partial charge in [0.05, 0.1) is 12.1 Å². The fraction of sp³-hybridized carbons (Fsp3) is 0.500. The Labute approximate surface area is 109 Å². The molecule has 0 amide bonds. The fourth-order valence-electron chi connectivity index (χ4n) is 2.03. The lowest BCUT2D eigenvalue weighted by Crippen LogP contribution is -2.36. The number of aliphatic hydroxyl groups excluding tert-OH is 1. The maximum absolute atomic E-state index is 10.1. The summed E-state index contributed by atoms with van der Waals surface area (Å²) in [6, 6.07) is 5.15. The van der Waals surface area contributed by atoms with E-state index in [0.29, 0.717) is 10.9 Å². The van der Waals surface area contributed by atoms with Crippen molar-refractivity contribution < 1.29 is 5.11 Å². The van der Waals surface area contributed by atoms with Crippen LogP contribution in [-0.2, 0) is 0 Å². The largest absolute Gasteiger partial charge is 0.391 e. The van der Waals surface area contributed by atoms with Gasteiger partial charge in [0.15, 0.2) is 0 Å². The number of aliphatic hydroxyl groups is 1. The molecule has 1 aliphatic carbocycles. The second-order valence-corrected chi connectivity index (χ2v) is 5.66. The zero-order chi connectivity index (χ0) is 11.7. The Morgan fingerprint density at radius 2 is 2.12 bits per heavy atom. The first-order chi connectivity index (χ1) is 7.59. The van der Waals surface area contributed by atoms with Crippen molar-refractivity contribution in [2.45, 2.75) is 31.4 Å². The van der Waals surface area contributed by atoms with Crippen molar-refractivity contribution in [1.29, 1.82) is 0 Å². The minimum atomic E-state index is -0.453. The highest BCUT2D eigenvalue weighted by Gasteiger charge is 2.31. The van der Waals surface area contributed by atoms with E-state index in [0.717, 1.165) is 22.9 Å². The van der Waals surface area contributed by atoms with Crippen molar-refractivity contribution in [3.8, 4) is 0 Å². The lowest BCUT2D eigenvalue weighted by atomic mass is 9.77. The molecule has 0 aromatic heterocycles. The Hall–Kier alpha value is -0.0900. The average molecular weight is 305 g/mol. The van der Waals surface area contributed by atoms with Crippen LogP contribution in [0.25, 0.3) is 0 Å². The van der Waals surface area contributed by atoms with Gasteiger partial charge >= 0.3 is 0 Å². The highest BCUT2D eigenvalue weighted by Crippen LogP contribution is 2.36. The van der Waals surface area contributed by atoms with Crippen LogP contribution < -0.4 is 5.73 Å². The third-order valence-electron chi connectivity index (χ3n) is 3.32. The van der Waals surface area contributed by atoms with Gasteiger partial charge < -0.3 is 10.8 Å². The topological polar surface area (TPSA) is 46.2 Å². The Kier molecular flexibility index (Phi) is 3.90. The molecule has 2 rings (SSSR count). The monoisotopic (exact) mass is 303 g/mol. The maximum atomic E-state index is 10.1. The van der Waals surface area contributed by atoms with E-state index in [2.05, 4.69) is 15.9 Å². The second-order valence-electron chi connectivity index (χ2n) is 4.37. The van der Waals surface area contributed by atoms with Crippen LogP contribution in [0, 0.1) is 5.92 Å². The van der Waals surface area contributed by atoms with Crippen LogP contribution in [-0.4, -0.2) is 11.2 Å². The molecule has 2 nitrogen and oxygen atoms in total. The van der Waals surface area contributed by atoms with Gasteiger partial charge in [0.2, 0.25) is 0 Å². The molecule has 4 heteroatoms. The molecule has 0 unspecified atom stereocenters. The molecule has 3 N–H and O–H groups in total.